The first-order valence-electron chi connectivity index (χ1n) is 7.36. The molecule has 2 heterocycles. The van der Waals surface area contributed by atoms with Crippen molar-refractivity contribution in [2.75, 3.05) is 19.8 Å². The highest BCUT2D eigenvalue weighted by Gasteiger charge is 2.49. The molecule has 2 saturated heterocycles. The van der Waals surface area contributed by atoms with E-state index >= 15 is 0 Å². The number of carbonyl (C=O) groups is 2. The molecule has 1 unspecified atom stereocenters. The van der Waals surface area contributed by atoms with Gasteiger partial charge in [0.2, 0.25) is 0 Å². The fourth-order valence-corrected chi connectivity index (χ4v) is 2.63. The van der Waals surface area contributed by atoms with Crippen LogP contribution in [0.3, 0.4) is 0 Å². The monoisotopic (exact) mass is 284 g/mol. The highest BCUT2D eigenvalue weighted by molar-refractivity contribution is 5.76. The molecule has 1 atom stereocenters. The number of ether oxygens (including phenoxy) is 3. The van der Waals surface area contributed by atoms with Gasteiger partial charge in [0, 0.05) is 18.8 Å². The number of cyclic esters (lactones) is 1. The van der Waals surface area contributed by atoms with Crippen LogP contribution in [0.4, 0.5) is 0 Å². The summed E-state index contributed by atoms with van der Waals surface area (Å²) < 4.78 is 16.4. The van der Waals surface area contributed by atoms with E-state index in [0.717, 1.165) is 6.42 Å². The molecule has 0 radical (unpaired) electrons. The lowest BCUT2D eigenvalue weighted by molar-refractivity contribution is -0.189. The van der Waals surface area contributed by atoms with Gasteiger partial charge in [0.15, 0.2) is 0 Å². The van der Waals surface area contributed by atoms with Gasteiger partial charge in [-0.2, -0.15) is 0 Å². The van der Waals surface area contributed by atoms with E-state index in [9.17, 15) is 9.59 Å². The van der Waals surface area contributed by atoms with Crippen LogP contribution in [0.5, 0.6) is 0 Å². The lowest BCUT2D eigenvalue weighted by Gasteiger charge is -2.41. The van der Waals surface area contributed by atoms with Gasteiger partial charge in [0.25, 0.3) is 0 Å². The Morgan fingerprint density at radius 3 is 2.55 bits per heavy atom. The van der Waals surface area contributed by atoms with Crippen LogP contribution in [0.2, 0.25) is 0 Å². The first kappa shape index (κ1) is 15.3. The third-order valence-electron chi connectivity index (χ3n) is 4.67. The smallest absolute Gasteiger partial charge is 0.312 e. The van der Waals surface area contributed by atoms with Gasteiger partial charge in [-0.15, -0.1) is 0 Å². The maximum absolute atomic E-state index is 12.4. The van der Waals surface area contributed by atoms with Gasteiger partial charge in [0.05, 0.1) is 31.7 Å². The summed E-state index contributed by atoms with van der Waals surface area (Å²) in [6, 6.07) is 0. The number of carbonyl (C=O) groups excluding carboxylic acids is 2. The van der Waals surface area contributed by atoms with Gasteiger partial charge in [-0.05, 0) is 20.3 Å². The van der Waals surface area contributed by atoms with Crippen molar-refractivity contribution >= 4 is 11.9 Å². The Hall–Kier alpha value is -1.10. The quantitative estimate of drug-likeness (QED) is 0.740. The Balaban J connectivity index is 2.15. The standard InChI is InChI=1S/C15H24O5/c1-4-14(2,3)13(17)20-15(5-7-18-8-6-15)11-9-12(16)19-10-11/h11H,4-10H2,1-3H3. The summed E-state index contributed by atoms with van der Waals surface area (Å²) in [6.07, 6.45) is 2.33. The minimum absolute atomic E-state index is 0.0458. The molecule has 5 nitrogen and oxygen atoms in total. The zero-order chi connectivity index (χ0) is 14.8. The molecule has 0 spiro atoms. The average Bonchev–Trinajstić information content (AvgIpc) is 2.87. The third kappa shape index (κ3) is 2.97. The lowest BCUT2D eigenvalue weighted by atomic mass is 9.79. The molecule has 5 heteroatoms. The molecule has 0 aromatic rings. The SMILES string of the molecule is CCC(C)(C)C(=O)OC1(C2COC(=O)C2)CCOCC1. The Bertz CT molecular complexity index is 382. The first-order valence-corrected chi connectivity index (χ1v) is 7.36. The average molecular weight is 284 g/mol. The second-order valence-corrected chi connectivity index (χ2v) is 6.39. The highest BCUT2D eigenvalue weighted by Crippen LogP contribution is 2.40. The highest BCUT2D eigenvalue weighted by atomic mass is 16.6. The molecule has 2 rings (SSSR count). The van der Waals surface area contributed by atoms with Crippen LogP contribution in [0, 0.1) is 11.3 Å². The minimum Gasteiger partial charge on any atom is -0.465 e. The van der Waals surface area contributed by atoms with Gasteiger partial charge in [-0.25, -0.2) is 0 Å². The molecular weight excluding hydrogens is 260 g/mol. The van der Waals surface area contributed by atoms with Crippen LogP contribution in [0.15, 0.2) is 0 Å². The summed E-state index contributed by atoms with van der Waals surface area (Å²) in [5.41, 5.74) is -1.11. The van der Waals surface area contributed by atoms with Gasteiger partial charge >= 0.3 is 11.9 Å². The zero-order valence-electron chi connectivity index (χ0n) is 12.6. The second kappa shape index (κ2) is 5.72. The van der Waals surface area contributed by atoms with E-state index in [2.05, 4.69) is 0 Å². The van der Waals surface area contributed by atoms with Crippen LogP contribution in [0.25, 0.3) is 0 Å². The predicted octanol–water partition coefficient (Wildman–Crippen LogP) is 2.08. The molecule has 0 aromatic carbocycles. The predicted molar refractivity (Wildman–Crippen MR) is 72.0 cm³/mol. The van der Waals surface area contributed by atoms with Crippen molar-refractivity contribution in [1.82, 2.24) is 0 Å². The lowest BCUT2D eigenvalue weighted by Crippen LogP contribution is -2.49. The van der Waals surface area contributed by atoms with E-state index in [1.54, 1.807) is 0 Å². The molecule has 0 aromatic heterocycles. The normalized spacial score (nSPS) is 26.1. The molecule has 20 heavy (non-hydrogen) atoms. The van der Waals surface area contributed by atoms with Crippen molar-refractivity contribution < 1.29 is 23.8 Å². The van der Waals surface area contributed by atoms with Gasteiger partial charge in [0.1, 0.15) is 5.60 Å². The number of rotatable bonds is 4. The van der Waals surface area contributed by atoms with Crippen LogP contribution in [0.1, 0.15) is 46.5 Å². The fraction of sp³-hybridized carbons (Fsp3) is 0.867. The van der Waals surface area contributed by atoms with Gasteiger partial charge in [-0.1, -0.05) is 6.92 Å². The van der Waals surface area contributed by atoms with Crippen molar-refractivity contribution in [2.45, 2.75) is 52.1 Å². The third-order valence-corrected chi connectivity index (χ3v) is 4.67. The number of hydrogen-bond donors (Lipinski definition) is 0. The van der Waals surface area contributed by atoms with E-state index in [0.29, 0.717) is 39.1 Å². The summed E-state index contributed by atoms with van der Waals surface area (Å²) in [7, 11) is 0. The molecule has 0 aliphatic carbocycles. The Labute approximate surface area is 120 Å². The molecule has 2 aliphatic heterocycles. The molecule has 2 aliphatic rings. The molecule has 0 bridgehead atoms. The Kier molecular flexibility index (Phi) is 4.37. The summed E-state index contributed by atoms with van der Waals surface area (Å²) in [5.74, 6) is -0.441. The van der Waals surface area contributed by atoms with Crippen molar-refractivity contribution in [2.24, 2.45) is 11.3 Å². The molecule has 114 valence electrons. The van der Waals surface area contributed by atoms with E-state index in [1.807, 2.05) is 20.8 Å². The zero-order valence-corrected chi connectivity index (χ0v) is 12.6. The summed E-state index contributed by atoms with van der Waals surface area (Å²) in [5, 5.41) is 0. The second-order valence-electron chi connectivity index (χ2n) is 6.39. The van der Waals surface area contributed by atoms with Gasteiger partial charge in [-0.3, -0.25) is 9.59 Å². The van der Waals surface area contributed by atoms with Crippen LogP contribution >= 0.6 is 0 Å². The minimum atomic E-state index is -0.603. The first-order chi connectivity index (χ1) is 9.39. The maximum Gasteiger partial charge on any atom is 0.312 e. The fourth-order valence-electron chi connectivity index (χ4n) is 2.63. The molecule has 0 N–H and O–H groups in total. The topological polar surface area (TPSA) is 61.8 Å². The van der Waals surface area contributed by atoms with E-state index in [4.69, 9.17) is 14.2 Å². The number of esters is 2. The van der Waals surface area contributed by atoms with Crippen molar-refractivity contribution in [3.63, 3.8) is 0 Å². The molecule has 0 amide bonds. The summed E-state index contributed by atoms with van der Waals surface area (Å²) >= 11 is 0. The molecule has 0 saturated carbocycles. The molecular formula is C15H24O5. The number of hydrogen-bond acceptors (Lipinski definition) is 5. The van der Waals surface area contributed by atoms with Crippen LogP contribution < -0.4 is 0 Å². The van der Waals surface area contributed by atoms with Crippen LogP contribution in [-0.4, -0.2) is 37.4 Å². The molecule has 2 fully saturated rings. The van der Waals surface area contributed by atoms with E-state index in [-0.39, 0.29) is 17.9 Å². The van der Waals surface area contributed by atoms with E-state index in [1.165, 1.54) is 0 Å². The largest absolute Gasteiger partial charge is 0.465 e. The van der Waals surface area contributed by atoms with E-state index < -0.39 is 11.0 Å². The summed E-state index contributed by atoms with van der Waals surface area (Å²) in [6.45, 7) is 7.21. The van der Waals surface area contributed by atoms with Crippen molar-refractivity contribution in [3.8, 4) is 0 Å². The van der Waals surface area contributed by atoms with Gasteiger partial charge < -0.3 is 14.2 Å². The summed E-state index contributed by atoms with van der Waals surface area (Å²) in [4.78, 5) is 23.8. The Morgan fingerprint density at radius 1 is 1.40 bits per heavy atom. The van der Waals surface area contributed by atoms with Crippen LogP contribution in [-0.2, 0) is 23.8 Å². The van der Waals surface area contributed by atoms with Crippen molar-refractivity contribution in [1.29, 1.82) is 0 Å². The van der Waals surface area contributed by atoms with Crippen molar-refractivity contribution in [3.05, 3.63) is 0 Å². The maximum atomic E-state index is 12.4. The Morgan fingerprint density at radius 2 is 2.05 bits per heavy atom.